The van der Waals surface area contributed by atoms with Gasteiger partial charge in [-0.3, -0.25) is 4.68 Å². The fourth-order valence-electron chi connectivity index (χ4n) is 3.76. The van der Waals surface area contributed by atoms with Gasteiger partial charge in [0, 0.05) is 35.5 Å². The molecule has 0 bridgehead atoms. The highest BCUT2D eigenvalue weighted by Gasteiger charge is 2.24. The summed E-state index contributed by atoms with van der Waals surface area (Å²) in [5.74, 6) is 1.92. The standard InChI is InChI=1S/C24H27N3O2S2/c1-19(21-11-7-4-8-12-21)26(2)31(28,29)16-14-23-22-18-30-15-13-24(22)27(25-23)17-20-9-5-3-6-10-20/h3-12,14,16,19H,13,15,17-18H2,1-2H3/b16-14+/t19-/m1/s1. The van der Waals surface area contributed by atoms with Crippen molar-refractivity contribution in [1.82, 2.24) is 14.1 Å². The second-order valence-corrected chi connectivity index (χ2v) is 10.7. The number of sulfonamides is 1. The Morgan fingerprint density at radius 2 is 1.81 bits per heavy atom. The number of hydrogen-bond donors (Lipinski definition) is 0. The summed E-state index contributed by atoms with van der Waals surface area (Å²) in [4.78, 5) is 0. The SMILES string of the molecule is C[C@H](c1ccccc1)N(C)S(=O)(=O)/C=C/c1nn(Cc2ccccc2)c2c1CSCC2. The molecule has 0 saturated heterocycles. The lowest BCUT2D eigenvalue weighted by atomic mass is 10.1. The summed E-state index contributed by atoms with van der Waals surface area (Å²) < 4.78 is 29.4. The van der Waals surface area contributed by atoms with Gasteiger partial charge in [-0.25, -0.2) is 8.42 Å². The fraction of sp³-hybridized carbons (Fsp3) is 0.292. The molecule has 3 aromatic rings. The van der Waals surface area contributed by atoms with E-state index in [0.29, 0.717) is 6.54 Å². The molecule has 5 nitrogen and oxygen atoms in total. The third-order valence-electron chi connectivity index (χ3n) is 5.73. The van der Waals surface area contributed by atoms with Gasteiger partial charge in [-0.05, 0) is 36.3 Å². The van der Waals surface area contributed by atoms with E-state index >= 15 is 0 Å². The van der Waals surface area contributed by atoms with Crippen molar-refractivity contribution in [2.45, 2.75) is 31.7 Å². The smallest absolute Gasteiger partial charge is 0.236 e. The van der Waals surface area contributed by atoms with Gasteiger partial charge in [0.15, 0.2) is 0 Å². The molecule has 1 aromatic heterocycles. The Bertz CT molecular complexity index is 1160. The van der Waals surface area contributed by atoms with E-state index in [2.05, 4.69) is 12.1 Å². The van der Waals surface area contributed by atoms with Crippen LogP contribution in [-0.2, 0) is 28.7 Å². The van der Waals surface area contributed by atoms with Gasteiger partial charge in [0.1, 0.15) is 0 Å². The predicted molar refractivity (Wildman–Crippen MR) is 128 cm³/mol. The molecule has 0 saturated carbocycles. The van der Waals surface area contributed by atoms with Crippen molar-refractivity contribution in [2.75, 3.05) is 12.8 Å². The van der Waals surface area contributed by atoms with Crippen molar-refractivity contribution in [1.29, 1.82) is 0 Å². The molecule has 4 rings (SSSR count). The molecule has 0 N–H and O–H groups in total. The van der Waals surface area contributed by atoms with Crippen molar-refractivity contribution in [3.05, 3.63) is 94.1 Å². The number of rotatable bonds is 7. The van der Waals surface area contributed by atoms with Crippen LogP contribution in [0.25, 0.3) is 6.08 Å². The Morgan fingerprint density at radius 1 is 1.13 bits per heavy atom. The monoisotopic (exact) mass is 453 g/mol. The van der Waals surface area contributed by atoms with Crippen LogP contribution >= 0.6 is 11.8 Å². The molecule has 0 amide bonds. The molecule has 2 heterocycles. The fourth-order valence-corrected chi connectivity index (χ4v) is 5.82. The molecule has 2 aromatic carbocycles. The summed E-state index contributed by atoms with van der Waals surface area (Å²) in [5.41, 5.74) is 5.26. The molecule has 0 fully saturated rings. The van der Waals surface area contributed by atoms with E-state index in [-0.39, 0.29) is 6.04 Å². The van der Waals surface area contributed by atoms with Gasteiger partial charge in [0.2, 0.25) is 10.0 Å². The minimum Gasteiger partial charge on any atom is -0.264 e. The Balaban J connectivity index is 1.59. The summed E-state index contributed by atoms with van der Waals surface area (Å²) >= 11 is 1.87. The van der Waals surface area contributed by atoms with Gasteiger partial charge in [-0.2, -0.15) is 21.2 Å². The first-order chi connectivity index (χ1) is 15.0. The first-order valence-electron chi connectivity index (χ1n) is 10.4. The van der Waals surface area contributed by atoms with Crippen molar-refractivity contribution >= 4 is 27.9 Å². The Labute approximate surface area is 188 Å². The number of benzene rings is 2. The highest BCUT2D eigenvalue weighted by molar-refractivity contribution is 7.98. The lowest BCUT2D eigenvalue weighted by Crippen LogP contribution is -2.28. The van der Waals surface area contributed by atoms with Gasteiger partial charge in [0.25, 0.3) is 0 Å². The van der Waals surface area contributed by atoms with Crippen LogP contribution in [0.5, 0.6) is 0 Å². The van der Waals surface area contributed by atoms with Crippen molar-refractivity contribution in [3.8, 4) is 0 Å². The van der Waals surface area contributed by atoms with Crippen LogP contribution < -0.4 is 0 Å². The Kier molecular flexibility index (Phi) is 6.65. The van der Waals surface area contributed by atoms with Gasteiger partial charge in [0.05, 0.1) is 12.2 Å². The van der Waals surface area contributed by atoms with Crippen molar-refractivity contribution in [2.24, 2.45) is 0 Å². The first kappa shape index (κ1) is 21.9. The normalized spacial score (nSPS) is 15.3. The Hall–Kier alpha value is -2.35. The highest BCUT2D eigenvalue weighted by atomic mass is 32.2. The molecular formula is C24H27N3O2S2. The average molecular weight is 454 g/mol. The predicted octanol–water partition coefficient (Wildman–Crippen LogP) is 4.71. The van der Waals surface area contributed by atoms with Gasteiger partial charge in [-0.1, -0.05) is 60.7 Å². The van der Waals surface area contributed by atoms with E-state index in [9.17, 15) is 8.42 Å². The maximum Gasteiger partial charge on any atom is 0.236 e. The summed E-state index contributed by atoms with van der Waals surface area (Å²) in [7, 11) is -1.96. The molecule has 1 aliphatic rings. The number of thioether (sulfide) groups is 1. The van der Waals surface area contributed by atoms with E-state index < -0.39 is 10.0 Å². The lowest BCUT2D eigenvalue weighted by Gasteiger charge is -2.23. The third kappa shape index (κ3) is 4.95. The van der Waals surface area contributed by atoms with Crippen LogP contribution in [0.2, 0.25) is 0 Å². The molecule has 1 aliphatic heterocycles. The van der Waals surface area contributed by atoms with Crippen LogP contribution in [0.4, 0.5) is 0 Å². The van der Waals surface area contributed by atoms with E-state index in [0.717, 1.165) is 34.7 Å². The van der Waals surface area contributed by atoms with Crippen LogP contribution in [0.3, 0.4) is 0 Å². The third-order valence-corrected chi connectivity index (χ3v) is 8.31. The topological polar surface area (TPSA) is 55.2 Å². The van der Waals surface area contributed by atoms with Crippen molar-refractivity contribution in [3.63, 3.8) is 0 Å². The van der Waals surface area contributed by atoms with Crippen LogP contribution in [0, 0.1) is 0 Å². The van der Waals surface area contributed by atoms with E-state index in [4.69, 9.17) is 5.10 Å². The second-order valence-electron chi connectivity index (χ2n) is 7.71. The molecule has 0 spiro atoms. The van der Waals surface area contributed by atoms with Gasteiger partial charge >= 0.3 is 0 Å². The molecule has 1 atom stereocenters. The molecule has 31 heavy (non-hydrogen) atoms. The first-order valence-corrected chi connectivity index (χ1v) is 13.0. The average Bonchev–Trinajstić information content (AvgIpc) is 3.15. The highest BCUT2D eigenvalue weighted by Crippen LogP contribution is 2.29. The second kappa shape index (κ2) is 9.42. The number of nitrogens with zero attached hydrogens (tertiary/aromatic N) is 3. The molecule has 0 unspecified atom stereocenters. The van der Waals surface area contributed by atoms with Crippen LogP contribution in [0.15, 0.2) is 66.1 Å². The minimum atomic E-state index is -3.59. The lowest BCUT2D eigenvalue weighted by molar-refractivity contribution is 0.404. The zero-order valence-corrected chi connectivity index (χ0v) is 19.4. The van der Waals surface area contributed by atoms with E-state index in [1.54, 1.807) is 13.1 Å². The number of aromatic nitrogens is 2. The summed E-state index contributed by atoms with van der Waals surface area (Å²) in [6.45, 7) is 2.59. The van der Waals surface area contributed by atoms with Crippen LogP contribution in [0.1, 0.15) is 41.0 Å². The number of hydrogen-bond acceptors (Lipinski definition) is 4. The van der Waals surface area contributed by atoms with Gasteiger partial charge < -0.3 is 0 Å². The van der Waals surface area contributed by atoms with Crippen LogP contribution in [-0.4, -0.2) is 35.3 Å². The summed E-state index contributed by atoms with van der Waals surface area (Å²) in [6, 6.07) is 19.6. The molecule has 0 aliphatic carbocycles. The van der Waals surface area contributed by atoms with E-state index in [1.165, 1.54) is 21.0 Å². The van der Waals surface area contributed by atoms with Crippen molar-refractivity contribution < 1.29 is 8.42 Å². The summed E-state index contributed by atoms with van der Waals surface area (Å²) in [5, 5.41) is 6.08. The zero-order valence-electron chi connectivity index (χ0n) is 17.8. The number of fused-ring (bicyclic) bond motifs is 1. The molecule has 0 radical (unpaired) electrons. The van der Waals surface area contributed by atoms with E-state index in [1.807, 2.05) is 71.9 Å². The van der Waals surface area contributed by atoms with Gasteiger partial charge in [-0.15, -0.1) is 0 Å². The molecular weight excluding hydrogens is 426 g/mol. The largest absolute Gasteiger partial charge is 0.264 e. The quantitative estimate of drug-likeness (QED) is 0.520. The molecule has 7 heteroatoms. The zero-order chi connectivity index (χ0) is 21.8. The Morgan fingerprint density at radius 3 is 2.52 bits per heavy atom. The maximum atomic E-state index is 13.0. The molecule has 162 valence electrons. The minimum absolute atomic E-state index is 0.254. The maximum absolute atomic E-state index is 13.0. The summed E-state index contributed by atoms with van der Waals surface area (Å²) in [6.07, 6.45) is 2.61.